The van der Waals surface area contributed by atoms with Crippen molar-refractivity contribution in [1.29, 1.82) is 5.26 Å². The highest BCUT2D eigenvalue weighted by molar-refractivity contribution is 7.80. The highest BCUT2D eigenvalue weighted by Gasteiger charge is 2.20. The summed E-state index contributed by atoms with van der Waals surface area (Å²) in [5.41, 5.74) is -0.479. The molecule has 0 radical (unpaired) electrons. The zero-order valence-corrected chi connectivity index (χ0v) is 9.50. The fourth-order valence-electron chi connectivity index (χ4n) is 1.17. The first-order valence-electron chi connectivity index (χ1n) is 4.30. The van der Waals surface area contributed by atoms with E-state index >= 15 is 0 Å². The number of carbonyl (C=O) groups is 1. The molecule has 90 valence electrons. The number of carbonyl (C=O) groups excluding carboxylic acids is 1. The number of rotatable bonds is 3. The Hall–Kier alpha value is -1.81. The van der Waals surface area contributed by atoms with Crippen molar-refractivity contribution in [2.45, 2.75) is 11.5 Å². The van der Waals surface area contributed by atoms with Gasteiger partial charge < -0.3 is 9.47 Å². The molecule has 1 aromatic carbocycles. The minimum Gasteiger partial charge on any atom is -0.465 e. The molecule has 0 aliphatic carbocycles. The van der Waals surface area contributed by atoms with Crippen molar-refractivity contribution in [2.24, 2.45) is 0 Å². The lowest BCUT2D eigenvalue weighted by Gasteiger charge is -2.11. The Labute approximate surface area is 101 Å². The van der Waals surface area contributed by atoms with E-state index in [0.717, 1.165) is 7.11 Å². The molecule has 0 aromatic heterocycles. The molecule has 17 heavy (non-hydrogen) atoms. The zero-order valence-electron chi connectivity index (χ0n) is 8.61. The van der Waals surface area contributed by atoms with Gasteiger partial charge in [-0.25, -0.2) is 4.79 Å². The van der Waals surface area contributed by atoms with Crippen LogP contribution in [0.4, 0.5) is 8.78 Å². The number of thiol groups is 1. The van der Waals surface area contributed by atoms with E-state index < -0.39 is 18.3 Å². The highest BCUT2D eigenvalue weighted by Crippen LogP contribution is 2.31. The molecule has 0 aliphatic heterocycles. The molecule has 7 heteroatoms. The van der Waals surface area contributed by atoms with Gasteiger partial charge in [-0.3, -0.25) is 0 Å². The molecule has 0 spiro atoms. The molecule has 0 heterocycles. The molecule has 0 saturated heterocycles. The molecule has 4 nitrogen and oxygen atoms in total. The SMILES string of the molecule is COC(=O)c1ccc(S)c(OC(F)F)c1C#N. The van der Waals surface area contributed by atoms with Crippen molar-refractivity contribution in [1.82, 2.24) is 0 Å². The van der Waals surface area contributed by atoms with E-state index in [1.165, 1.54) is 12.1 Å². The predicted molar refractivity (Wildman–Crippen MR) is 56.4 cm³/mol. The summed E-state index contributed by atoms with van der Waals surface area (Å²) in [6.45, 7) is -3.11. The smallest absolute Gasteiger partial charge is 0.387 e. The second-order valence-corrected chi connectivity index (χ2v) is 3.30. The quantitative estimate of drug-likeness (QED) is 0.668. The van der Waals surface area contributed by atoms with E-state index in [0.29, 0.717) is 0 Å². The minimum atomic E-state index is -3.11. The lowest BCUT2D eigenvalue weighted by Crippen LogP contribution is -2.09. The molecule has 0 atom stereocenters. The summed E-state index contributed by atoms with van der Waals surface area (Å²) in [5.74, 6) is -1.25. The van der Waals surface area contributed by atoms with Gasteiger partial charge in [-0.2, -0.15) is 14.0 Å². The number of nitriles is 1. The normalized spacial score (nSPS) is 9.88. The summed E-state index contributed by atoms with van der Waals surface area (Å²) < 4.78 is 32.9. The topological polar surface area (TPSA) is 59.3 Å². The lowest BCUT2D eigenvalue weighted by molar-refractivity contribution is -0.0519. The van der Waals surface area contributed by atoms with Crippen LogP contribution < -0.4 is 4.74 Å². The van der Waals surface area contributed by atoms with Crippen LogP contribution in [-0.2, 0) is 4.74 Å². The number of nitrogens with zero attached hydrogens (tertiary/aromatic N) is 1. The average Bonchev–Trinajstić information content (AvgIpc) is 2.30. The summed E-state index contributed by atoms with van der Waals surface area (Å²) in [5, 5.41) is 8.86. The Bertz CT molecular complexity index is 485. The van der Waals surface area contributed by atoms with E-state index in [9.17, 15) is 13.6 Å². The highest BCUT2D eigenvalue weighted by atomic mass is 32.1. The number of ether oxygens (including phenoxy) is 2. The Morgan fingerprint density at radius 2 is 2.18 bits per heavy atom. The summed E-state index contributed by atoms with van der Waals surface area (Å²) in [6, 6.07) is 4.14. The van der Waals surface area contributed by atoms with Crippen molar-refractivity contribution in [3.05, 3.63) is 23.3 Å². The molecule has 0 unspecified atom stereocenters. The molecule has 0 aliphatic rings. The monoisotopic (exact) mass is 259 g/mol. The van der Waals surface area contributed by atoms with Gasteiger partial charge in [0.15, 0.2) is 5.75 Å². The summed E-state index contributed by atoms with van der Waals surface area (Å²) >= 11 is 3.88. The third kappa shape index (κ3) is 2.85. The van der Waals surface area contributed by atoms with Crippen LogP contribution in [0.15, 0.2) is 17.0 Å². The molecule has 1 rings (SSSR count). The van der Waals surface area contributed by atoms with Crippen LogP contribution in [0.5, 0.6) is 5.75 Å². The zero-order chi connectivity index (χ0) is 13.0. The maximum atomic E-state index is 12.1. The number of halogens is 2. The van der Waals surface area contributed by atoms with Crippen LogP contribution in [0.3, 0.4) is 0 Å². The van der Waals surface area contributed by atoms with Crippen molar-refractivity contribution in [2.75, 3.05) is 7.11 Å². The van der Waals surface area contributed by atoms with Crippen LogP contribution >= 0.6 is 12.6 Å². The van der Waals surface area contributed by atoms with Crippen LogP contribution in [0.25, 0.3) is 0 Å². The molecule has 0 bridgehead atoms. The number of esters is 1. The van der Waals surface area contributed by atoms with Gasteiger partial charge in [-0.1, -0.05) is 0 Å². The van der Waals surface area contributed by atoms with Crippen molar-refractivity contribution >= 4 is 18.6 Å². The second-order valence-electron chi connectivity index (χ2n) is 2.82. The Balaban J connectivity index is 3.37. The molecule has 0 N–H and O–H groups in total. The fourth-order valence-corrected chi connectivity index (χ4v) is 1.41. The molecule has 1 aromatic rings. The van der Waals surface area contributed by atoms with Crippen LogP contribution in [0, 0.1) is 11.3 Å². The standard InChI is InChI=1S/C10H7F2NO3S/c1-15-9(14)5-2-3-7(17)8(6(5)4-13)16-10(11)12/h2-3,10,17H,1H3. The first kappa shape index (κ1) is 13.3. The first-order valence-corrected chi connectivity index (χ1v) is 4.75. The van der Waals surface area contributed by atoms with E-state index in [-0.39, 0.29) is 16.0 Å². The molecule has 0 amide bonds. The summed E-state index contributed by atoms with van der Waals surface area (Å²) in [7, 11) is 1.12. The lowest BCUT2D eigenvalue weighted by atomic mass is 10.1. The number of methoxy groups -OCH3 is 1. The number of hydrogen-bond donors (Lipinski definition) is 1. The minimum absolute atomic E-state index is 0.0366. The average molecular weight is 259 g/mol. The summed E-state index contributed by atoms with van der Waals surface area (Å²) in [6.07, 6.45) is 0. The largest absolute Gasteiger partial charge is 0.465 e. The Morgan fingerprint density at radius 3 is 2.65 bits per heavy atom. The third-order valence-corrected chi connectivity index (χ3v) is 2.21. The number of hydrogen-bond acceptors (Lipinski definition) is 5. The van der Waals surface area contributed by atoms with Gasteiger partial charge in [0.1, 0.15) is 11.6 Å². The first-order chi connectivity index (χ1) is 8.01. The summed E-state index contributed by atoms with van der Waals surface area (Å²) in [4.78, 5) is 11.3. The maximum absolute atomic E-state index is 12.1. The van der Waals surface area contributed by atoms with Gasteiger partial charge in [0, 0.05) is 4.90 Å². The van der Waals surface area contributed by atoms with Gasteiger partial charge >= 0.3 is 12.6 Å². The number of alkyl halides is 2. The van der Waals surface area contributed by atoms with Gasteiger partial charge in [-0.05, 0) is 12.1 Å². The van der Waals surface area contributed by atoms with Crippen LogP contribution in [-0.4, -0.2) is 19.7 Å². The Kier molecular flexibility index (Phi) is 4.29. The second kappa shape index (κ2) is 5.50. The van der Waals surface area contributed by atoms with E-state index in [4.69, 9.17) is 5.26 Å². The Morgan fingerprint density at radius 1 is 1.53 bits per heavy atom. The van der Waals surface area contributed by atoms with Gasteiger partial charge in [0.25, 0.3) is 0 Å². The van der Waals surface area contributed by atoms with Gasteiger partial charge in [0.2, 0.25) is 0 Å². The van der Waals surface area contributed by atoms with Gasteiger partial charge in [-0.15, -0.1) is 12.6 Å². The van der Waals surface area contributed by atoms with Crippen molar-refractivity contribution < 1.29 is 23.0 Å². The molecular formula is C10H7F2NO3S. The van der Waals surface area contributed by atoms with E-state index in [1.807, 2.05) is 0 Å². The van der Waals surface area contributed by atoms with E-state index in [2.05, 4.69) is 22.1 Å². The van der Waals surface area contributed by atoms with Crippen LogP contribution in [0.1, 0.15) is 15.9 Å². The van der Waals surface area contributed by atoms with E-state index in [1.54, 1.807) is 6.07 Å². The molecule has 0 saturated carbocycles. The van der Waals surface area contributed by atoms with Crippen molar-refractivity contribution in [3.8, 4) is 11.8 Å². The third-order valence-electron chi connectivity index (χ3n) is 1.86. The molecule has 0 fully saturated rings. The number of benzene rings is 1. The van der Waals surface area contributed by atoms with Gasteiger partial charge in [0.05, 0.1) is 12.7 Å². The molecular weight excluding hydrogens is 252 g/mol. The fraction of sp³-hybridized carbons (Fsp3) is 0.200. The van der Waals surface area contributed by atoms with Crippen LogP contribution in [0.2, 0.25) is 0 Å². The van der Waals surface area contributed by atoms with Crippen molar-refractivity contribution in [3.63, 3.8) is 0 Å². The maximum Gasteiger partial charge on any atom is 0.387 e. The predicted octanol–water partition coefficient (Wildman–Crippen LogP) is 2.23.